The fourth-order valence-electron chi connectivity index (χ4n) is 1.39. The van der Waals surface area contributed by atoms with Gasteiger partial charge in [0.05, 0.1) is 12.3 Å². The van der Waals surface area contributed by atoms with Crippen LogP contribution in [0.5, 0.6) is 0 Å². The number of fused-ring (bicyclic) bond motifs is 1. The Bertz CT molecular complexity index is 506. The number of carbonyl (C=O) groups excluding carboxylic acids is 1. The maximum absolute atomic E-state index is 11.0. The molecular formula is C9H10N4O2. The summed E-state index contributed by atoms with van der Waals surface area (Å²) in [4.78, 5) is 19.0. The molecule has 78 valence electrons. The monoisotopic (exact) mass is 206 g/mol. The highest BCUT2D eigenvalue weighted by Crippen LogP contribution is 2.09. The van der Waals surface area contributed by atoms with Gasteiger partial charge in [-0.15, -0.1) is 0 Å². The molecule has 15 heavy (non-hydrogen) atoms. The third-order valence-corrected chi connectivity index (χ3v) is 2.04. The van der Waals surface area contributed by atoms with E-state index in [0.717, 1.165) is 5.69 Å². The molecule has 0 unspecified atom stereocenters. The van der Waals surface area contributed by atoms with Crippen molar-refractivity contribution in [2.45, 2.75) is 6.61 Å². The van der Waals surface area contributed by atoms with Gasteiger partial charge in [0.15, 0.2) is 11.3 Å². The molecular weight excluding hydrogens is 196 g/mol. The molecule has 0 aliphatic rings. The first-order valence-electron chi connectivity index (χ1n) is 4.33. The number of carbonyl (C=O) groups is 1. The number of hydrogen-bond donors (Lipinski definition) is 1. The molecule has 2 heterocycles. The lowest BCUT2D eigenvalue weighted by Crippen LogP contribution is -2.12. The average Bonchev–Trinajstić information content (AvgIpc) is 2.62. The molecule has 2 N–H and O–H groups in total. The van der Waals surface area contributed by atoms with Crippen LogP contribution in [0.15, 0.2) is 18.6 Å². The highest BCUT2D eigenvalue weighted by atomic mass is 16.5. The second kappa shape index (κ2) is 3.66. The highest BCUT2D eigenvalue weighted by molar-refractivity contribution is 5.96. The summed E-state index contributed by atoms with van der Waals surface area (Å²) in [5.41, 5.74) is 6.66. The molecule has 6 heteroatoms. The molecule has 0 saturated heterocycles. The molecule has 0 radical (unpaired) electrons. The second-order valence-corrected chi connectivity index (χ2v) is 3.02. The minimum Gasteiger partial charge on any atom is -0.378 e. The van der Waals surface area contributed by atoms with Crippen molar-refractivity contribution in [1.29, 1.82) is 0 Å². The maximum Gasteiger partial charge on any atom is 0.271 e. The van der Waals surface area contributed by atoms with E-state index in [0.29, 0.717) is 12.3 Å². The zero-order valence-corrected chi connectivity index (χ0v) is 8.17. The summed E-state index contributed by atoms with van der Waals surface area (Å²) in [6.07, 6.45) is 3.11. The standard InChI is InChI=1S/C9H10N4O2/c1-15-4-6-2-3-11-9-7(8(10)14)12-5-13(6)9/h2-3,5H,4H2,1H3,(H2,10,14). The number of nitrogens with two attached hydrogens (primary N) is 1. The van der Waals surface area contributed by atoms with Gasteiger partial charge in [-0.1, -0.05) is 0 Å². The lowest BCUT2D eigenvalue weighted by Gasteiger charge is -2.02. The molecule has 1 amide bonds. The smallest absolute Gasteiger partial charge is 0.271 e. The number of amides is 1. The largest absolute Gasteiger partial charge is 0.378 e. The molecule has 0 atom stereocenters. The van der Waals surface area contributed by atoms with E-state index >= 15 is 0 Å². The van der Waals surface area contributed by atoms with Gasteiger partial charge in [-0.05, 0) is 6.07 Å². The van der Waals surface area contributed by atoms with Crippen LogP contribution in [0.25, 0.3) is 5.65 Å². The Kier molecular flexibility index (Phi) is 2.34. The molecule has 0 aliphatic heterocycles. The minimum absolute atomic E-state index is 0.174. The zero-order chi connectivity index (χ0) is 10.8. The number of hydrogen-bond acceptors (Lipinski definition) is 4. The van der Waals surface area contributed by atoms with Crippen LogP contribution >= 0.6 is 0 Å². The molecule has 6 nitrogen and oxygen atoms in total. The van der Waals surface area contributed by atoms with Gasteiger partial charge < -0.3 is 10.5 Å². The Labute approximate surface area is 85.7 Å². The number of rotatable bonds is 3. The van der Waals surface area contributed by atoms with Crippen LogP contribution in [0.1, 0.15) is 16.2 Å². The van der Waals surface area contributed by atoms with Crippen molar-refractivity contribution < 1.29 is 9.53 Å². The molecule has 0 bridgehead atoms. The first kappa shape index (κ1) is 9.60. The van der Waals surface area contributed by atoms with Gasteiger partial charge in [0.2, 0.25) is 0 Å². The Hall–Kier alpha value is -1.95. The number of methoxy groups -OCH3 is 1. The van der Waals surface area contributed by atoms with E-state index in [9.17, 15) is 4.79 Å². The SMILES string of the molecule is COCc1ccnc2c(C(N)=O)ncn12. The normalized spacial score (nSPS) is 10.7. The van der Waals surface area contributed by atoms with Crippen LogP contribution in [-0.2, 0) is 11.3 Å². The van der Waals surface area contributed by atoms with Crippen LogP contribution in [0, 0.1) is 0 Å². The van der Waals surface area contributed by atoms with Gasteiger partial charge in [0.1, 0.15) is 6.33 Å². The lowest BCUT2D eigenvalue weighted by atomic mass is 10.4. The van der Waals surface area contributed by atoms with Gasteiger partial charge in [0, 0.05) is 13.3 Å². The molecule has 0 spiro atoms. The fraction of sp³-hybridized carbons (Fsp3) is 0.222. The molecule has 2 aromatic rings. The van der Waals surface area contributed by atoms with Crippen LogP contribution in [0.3, 0.4) is 0 Å². The Balaban J connectivity index is 2.63. The average molecular weight is 206 g/mol. The van der Waals surface area contributed by atoms with E-state index in [-0.39, 0.29) is 5.69 Å². The van der Waals surface area contributed by atoms with Crippen molar-refractivity contribution in [2.75, 3.05) is 7.11 Å². The van der Waals surface area contributed by atoms with E-state index in [2.05, 4.69) is 9.97 Å². The van der Waals surface area contributed by atoms with E-state index in [4.69, 9.17) is 10.5 Å². The molecule has 0 fully saturated rings. The topological polar surface area (TPSA) is 82.5 Å². The van der Waals surface area contributed by atoms with Gasteiger partial charge >= 0.3 is 0 Å². The van der Waals surface area contributed by atoms with Crippen LogP contribution in [-0.4, -0.2) is 27.4 Å². The number of aromatic nitrogens is 3. The first-order chi connectivity index (χ1) is 7.24. The third-order valence-electron chi connectivity index (χ3n) is 2.04. The summed E-state index contributed by atoms with van der Waals surface area (Å²) in [7, 11) is 1.60. The van der Waals surface area contributed by atoms with Gasteiger partial charge in [-0.2, -0.15) is 0 Å². The fourth-order valence-corrected chi connectivity index (χ4v) is 1.39. The maximum atomic E-state index is 11.0. The number of imidazole rings is 1. The molecule has 2 rings (SSSR count). The van der Waals surface area contributed by atoms with Crippen molar-refractivity contribution >= 4 is 11.6 Å². The minimum atomic E-state index is -0.584. The van der Waals surface area contributed by atoms with Gasteiger partial charge in [0.25, 0.3) is 5.91 Å². The molecule has 2 aromatic heterocycles. The summed E-state index contributed by atoms with van der Waals surface area (Å²) in [5.74, 6) is -0.584. The van der Waals surface area contributed by atoms with Gasteiger partial charge in [-0.3, -0.25) is 9.20 Å². The van der Waals surface area contributed by atoms with E-state index in [1.807, 2.05) is 0 Å². The summed E-state index contributed by atoms with van der Waals surface area (Å²) < 4.78 is 6.70. The first-order valence-corrected chi connectivity index (χ1v) is 4.33. The van der Waals surface area contributed by atoms with Crippen LogP contribution in [0.4, 0.5) is 0 Å². The van der Waals surface area contributed by atoms with Crippen molar-refractivity contribution in [3.63, 3.8) is 0 Å². The Morgan fingerprint density at radius 3 is 3.07 bits per heavy atom. The van der Waals surface area contributed by atoms with E-state index in [1.165, 1.54) is 6.33 Å². The molecule has 0 aliphatic carbocycles. The third kappa shape index (κ3) is 1.55. The summed E-state index contributed by atoms with van der Waals surface area (Å²) >= 11 is 0. The second-order valence-electron chi connectivity index (χ2n) is 3.02. The van der Waals surface area contributed by atoms with Crippen molar-refractivity contribution in [3.05, 3.63) is 30.0 Å². The summed E-state index contributed by atoms with van der Waals surface area (Å²) in [6.45, 7) is 0.424. The summed E-state index contributed by atoms with van der Waals surface area (Å²) in [6, 6.07) is 1.79. The predicted molar refractivity (Wildman–Crippen MR) is 52.2 cm³/mol. The van der Waals surface area contributed by atoms with Crippen molar-refractivity contribution in [2.24, 2.45) is 5.73 Å². The Morgan fingerprint density at radius 1 is 1.60 bits per heavy atom. The number of ether oxygens (including phenoxy) is 1. The van der Waals surface area contributed by atoms with E-state index in [1.54, 1.807) is 23.8 Å². The van der Waals surface area contributed by atoms with Crippen LogP contribution < -0.4 is 5.73 Å². The lowest BCUT2D eigenvalue weighted by molar-refractivity contribution is 0.0997. The Morgan fingerprint density at radius 2 is 2.40 bits per heavy atom. The quantitative estimate of drug-likeness (QED) is 0.764. The van der Waals surface area contributed by atoms with Gasteiger partial charge in [-0.25, -0.2) is 9.97 Å². The molecule has 0 aromatic carbocycles. The van der Waals surface area contributed by atoms with Crippen molar-refractivity contribution in [3.8, 4) is 0 Å². The molecule has 0 saturated carbocycles. The summed E-state index contributed by atoms with van der Waals surface area (Å²) in [5, 5.41) is 0. The predicted octanol–water partition coefficient (Wildman–Crippen LogP) is -0.0254. The van der Waals surface area contributed by atoms with Crippen LogP contribution in [0.2, 0.25) is 0 Å². The zero-order valence-electron chi connectivity index (χ0n) is 8.17. The van der Waals surface area contributed by atoms with E-state index < -0.39 is 5.91 Å². The van der Waals surface area contributed by atoms with Crippen molar-refractivity contribution in [1.82, 2.24) is 14.4 Å². The number of primary amides is 1. The number of nitrogens with zero attached hydrogens (tertiary/aromatic N) is 3. The highest BCUT2D eigenvalue weighted by Gasteiger charge is 2.12.